The van der Waals surface area contributed by atoms with Gasteiger partial charge in [-0.2, -0.15) is 18.7 Å². The van der Waals surface area contributed by atoms with Gasteiger partial charge in [0.2, 0.25) is 6.23 Å². The van der Waals surface area contributed by atoms with Gasteiger partial charge >= 0.3 is 6.18 Å². The molecule has 2 aromatic rings. The lowest BCUT2D eigenvalue weighted by Crippen LogP contribution is -2.40. The van der Waals surface area contributed by atoms with E-state index < -0.39 is 36.2 Å². The largest absolute Gasteiger partial charge is 0.430 e. The number of carbonyl (C=O) groups is 1. The van der Waals surface area contributed by atoms with Crippen LogP contribution in [-0.4, -0.2) is 35.2 Å². The van der Waals surface area contributed by atoms with Crippen LogP contribution in [-0.2, 0) is 11.4 Å². The van der Waals surface area contributed by atoms with Gasteiger partial charge in [0.15, 0.2) is 0 Å². The van der Waals surface area contributed by atoms with Crippen LogP contribution in [0.25, 0.3) is 0 Å². The predicted octanol–water partition coefficient (Wildman–Crippen LogP) is 4.04. The average molecular weight is 427 g/mol. The third-order valence-corrected chi connectivity index (χ3v) is 5.51. The summed E-state index contributed by atoms with van der Waals surface area (Å²) in [7, 11) is 1.27. The molecule has 1 amide bonds. The Morgan fingerprint density at radius 1 is 1.17 bits per heavy atom. The van der Waals surface area contributed by atoms with Crippen molar-refractivity contribution in [1.29, 1.82) is 0 Å². The number of halogens is 5. The molecule has 5 nitrogen and oxygen atoms in total. The molecule has 2 unspecified atom stereocenters. The highest BCUT2D eigenvalue weighted by molar-refractivity contribution is 5.98. The van der Waals surface area contributed by atoms with Gasteiger partial charge in [0, 0.05) is 23.7 Å². The van der Waals surface area contributed by atoms with E-state index in [1.807, 2.05) is 0 Å². The van der Waals surface area contributed by atoms with E-state index in [0.717, 1.165) is 17.0 Å². The molecule has 0 bridgehead atoms. The summed E-state index contributed by atoms with van der Waals surface area (Å²) in [5.74, 6) is -1.84. The maximum atomic E-state index is 14.2. The number of rotatable bonds is 3. The zero-order valence-electron chi connectivity index (χ0n) is 16.0. The smallest absolute Gasteiger partial charge is 0.327 e. The Kier molecular flexibility index (Phi) is 5.03. The Morgan fingerprint density at radius 3 is 2.53 bits per heavy atom. The van der Waals surface area contributed by atoms with Crippen molar-refractivity contribution in [3.63, 3.8) is 0 Å². The van der Waals surface area contributed by atoms with Crippen molar-refractivity contribution < 1.29 is 31.6 Å². The first-order valence-corrected chi connectivity index (χ1v) is 9.16. The summed E-state index contributed by atoms with van der Waals surface area (Å²) in [6.07, 6.45) is -7.57. The molecule has 160 valence electrons. The van der Waals surface area contributed by atoms with Gasteiger partial charge in [0.25, 0.3) is 5.91 Å². The predicted molar refractivity (Wildman–Crippen MR) is 95.7 cm³/mol. The van der Waals surface area contributed by atoms with E-state index in [0.29, 0.717) is 16.7 Å². The van der Waals surface area contributed by atoms with Gasteiger partial charge in [0.1, 0.15) is 17.8 Å². The molecule has 0 radical (unpaired) electrons. The number of benzene rings is 2. The lowest BCUT2D eigenvalue weighted by Gasteiger charge is -2.25. The van der Waals surface area contributed by atoms with E-state index >= 15 is 0 Å². The number of fused-ring (bicyclic) bond motifs is 1. The highest BCUT2D eigenvalue weighted by Crippen LogP contribution is 2.37. The number of hydrogen-bond donors (Lipinski definition) is 1. The second-order valence-electron chi connectivity index (χ2n) is 7.39. The van der Waals surface area contributed by atoms with Gasteiger partial charge in [0.05, 0.1) is 6.04 Å². The molecule has 1 fully saturated rings. The highest BCUT2D eigenvalue weighted by Gasteiger charge is 2.50. The maximum absolute atomic E-state index is 14.2. The summed E-state index contributed by atoms with van der Waals surface area (Å²) in [4.78, 5) is 20.0. The third-order valence-electron chi connectivity index (χ3n) is 5.51. The van der Waals surface area contributed by atoms with Crippen LogP contribution < -0.4 is 5.48 Å². The summed E-state index contributed by atoms with van der Waals surface area (Å²) in [5, 5.41) is 0. The number of amides is 1. The molecule has 2 aliphatic heterocycles. The van der Waals surface area contributed by atoms with E-state index in [-0.39, 0.29) is 18.0 Å². The average Bonchev–Trinajstić information content (AvgIpc) is 3.21. The Bertz CT molecular complexity index is 997. The van der Waals surface area contributed by atoms with Crippen LogP contribution in [0.2, 0.25) is 0 Å². The normalized spacial score (nSPS) is 23.2. The second-order valence-corrected chi connectivity index (χ2v) is 7.39. The van der Waals surface area contributed by atoms with E-state index in [9.17, 15) is 26.7 Å². The fourth-order valence-electron chi connectivity index (χ4n) is 3.86. The Morgan fingerprint density at radius 2 is 1.90 bits per heavy atom. The van der Waals surface area contributed by atoms with Crippen LogP contribution in [0, 0.1) is 11.6 Å². The van der Waals surface area contributed by atoms with Gasteiger partial charge in [-0.1, -0.05) is 18.2 Å². The zero-order chi connectivity index (χ0) is 21.8. The Balaban J connectivity index is 1.58. The van der Waals surface area contributed by atoms with Crippen molar-refractivity contribution in [2.45, 2.75) is 38.1 Å². The number of alkyl halides is 3. The molecule has 1 N–H and O–H groups in total. The third kappa shape index (κ3) is 3.44. The number of hydrogen-bond acceptors (Lipinski definition) is 4. The van der Waals surface area contributed by atoms with Gasteiger partial charge < -0.3 is 4.90 Å². The Labute approximate surface area is 169 Å². The molecule has 30 heavy (non-hydrogen) atoms. The van der Waals surface area contributed by atoms with Crippen molar-refractivity contribution in [3.05, 3.63) is 70.3 Å². The molecule has 4 rings (SSSR count). The fourth-order valence-corrected chi connectivity index (χ4v) is 3.86. The second kappa shape index (κ2) is 7.29. The summed E-state index contributed by atoms with van der Waals surface area (Å²) < 4.78 is 66.4. The van der Waals surface area contributed by atoms with Gasteiger partial charge in [-0.05, 0) is 37.2 Å². The molecule has 10 heteroatoms. The molecular weight excluding hydrogens is 409 g/mol. The van der Waals surface area contributed by atoms with E-state index in [1.54, 1.807) is 19.1 Å². The maximum Gasteiger partial charge on any atom is 0.430 e. The van der Waals surface area contributed by atoms with E-state index in [2.05, 4.69) is 10.3 Å². The topological polar surface area (TPSA) is 44.8 Å². The zero-order valence-corrected chi connectivity index (χ0v) is 16.0. The quantitative estimate of drug-likeness (QED) is 0.752. The number of hydroxylamine groups is 1. The molecular formula is C20H18F5N3O2. The molecule has 0 aromatic heterocycles. The highest BCUT2D eigenvalue weighted by atomic mass is 19.4. The van der Waals surface area contributed by atoms with Crippen LogP contribution >= 0.6 is 0 Å². The molecule has 1 saturated heterocycles. The first kappa shape index (κ1) is 20.7. The minimum Gasteiger partial charge on any atom is -0.327 e. The first-order chi connectivity index (χ1) is 14.1. The van der Waals surface area contributed by atoms with Gasteiger partial charge in [-0.15, -0.1) is 0 Å². The number of nitrogens with one attached hydrogen (secondary N) is 1. The van der Waals surface area contributed by atoms with Crippen LogP contribution in [0.1, 0.15) is 46.2 Å². The summed E-state index contributed by atoms with van der Waals surface area (Å²) in [6.45, 7) is 1.84. The number of carbonyl (C=O) groups excluding carboxylic acids is 1. The summed E-state index contributed by atoms with van der Waals surface area (Å²) in [6, 6.07) is 7.32. The van der Waals surface area contributed by atoms with Crippen LogP contribution in [0.15, 0.2) is 36.4 Å². The van der Waals surface area contributed by atoms with Crippen LogP contribution in [0.4, 0.5) is 22.0 Å². The minimum absolute atomic E-state index is 0.177. The molecule has 2 aliphatic rings. The van der Waals surface area contributed by atoms with Crippen LogP contribution in [0.5, 0.6) is 0 Å². The lowest BCUT2D eigenvalue weighted by molar-refractivity contribution is -0.246. The molecule has 0 saturated carbocycles. The molecule has 2 aromatic carbocycles. The number of nitrogens with zero attached hydrogens (tertiary/aromatic N) is 2. The Hall–Kier alpha value is -2.56. The molecule has 2 heterocycles. The first-order valence-electron chi connectivity index (χ1n) is 9.16. The van der Waals surface area contributed by atoms with Gasteiger partial charge in [-0.3, -0.25) is 14.5 Å². The van der Waals surface area contributed by atoms with Crippen molar-refractivity contribution >= 4 is 5.91 Å². The van der Waals surface area contributed by atoms with E-state index in [4.69, 9.17) is 0 Å². The minimum atomic E-state index is -4.57. The monoisotopic (exact) mass is 427 g/mol. The lowest BCUT2D eigenvalue weighted by atomic mass is 10.0. The van der Waals surface area contributed by atoms with Gasteiger partial charge in [-0.25, -0.2) is 8.78 Å². The van der Waals surface area contributed by atoms with Crippen molar-refractivity contribution in [2.75, 3.05) is 7.05 Å². The summed E-state index contributed by atoms with van der Waals surface area (Å²) >= 11 is 0. The summed E-state index contributed by atoms with van der Waals surface area (Å²) in [5.41, 5.74) is 3.96. The SMILES string of the molecule is C[C@@H](c1ccc(F)cc1F)N1Cc2ccc(C3NOC(C(F)(F)F)N3C)cc2C1=O. The van der Waals surface area contributed by atoms with Crippen molar-refractivity contribution in [2.24, 2.45) is 0 Å². The van der Waals surface area contributed by atoms with E-state index in [1.165, 1.54) is 24.1 Å². The standard InChI is InChI=1S/C20H18F5N3O2/c1-10(14-6-5-13(21)8-16(14)22)28-9-12-4-3-11(7-15(12)18(28)29)17-26-30-19(27(17)2)20(23,24)25/h3-8,10,17,19,26H,9H2,1-2H3/t10-,17?,19?/m0/s1. The molecule has 0 spiro atoms. The van der Waals surface area contributed by atoms with Crippen molar-refractivity contribution in [3.8, 4) is 0 Å². The van der Waals surface area contributed by atoms with Crippen LogP contribution in [0.3, 0.4) is 0 Å². The molecule has 0 aliphatic carbocycles. The van der Waals surface area contributed by atoms with Crippen molar-refractivity contribution in [1.82, 2.24) is 15.3 Å². The fraction of sp³-hybridized carbons (Fsp3) is 0.350. The molecule has 3 atom stereocenters.